The van der Waals surface area contributed by atoms with Gasteiger partial charge in [0, 0.05) is 24.3 Å². The van der Waals surface area contributed by atoms with Crippen LogP contribution in [-0.4, -0.2) is 38.6 Å². The molecule has 1 aliphatic heterocycles. The molecule has 4 N–H and O–H groups in total. The van der Waals surface area contributed by atoms with Crippen LogP contribution in [0.1, 0.15) is 23.9 Å². The Kier molecular flexibility index (Phi) is 8.37. The topological polar surface area (TPSA) is 99.9 Å². The first-order valence-electron chi connectivity index (χ1n) is 9.47. The molecule has 1 aliphatic rings. The van der Waals surface area contributed by atoms with E-state index in [1.807, 2.05) is 31.2 Å². The number of amides is 1. The summed E-state index contributed by atoms with van der Waals surface area (Å²) in [6.45, 7) is 3.97. The number of hydrogen-bond acceptors (Lipinski definition) is 5. The Balaban J connectivity index is 0.00000160. The minimum absolute atomic E-state index is 0. The van der Waals surface area contributed by atoms with Gasteiger partial charge in [0.1, 0.15) is 5.82 Å². The molecule has 2 aromatic carbocycles. The van der Waals surface area contributed by atoms with E-state index in [1.165, 1.54) is 11.1 Å². The van der Waals surface area contributed by atoms with Crippen molar-refractivity contribution in [3.05, 3.63) is 65.5 Å². The zero-order valence-electron chi connectivity index (χ0n) is 16.7. The number of fused-ring (bicyclic) bond motifs is 1. The van der Waals surface area contributed by atoms with Gasteiger partial charge in [0.25, 0.3) is 0 Å². The van der Waals surface area contributed by atoms with Crippen LogP contribution in [0.2, 0.25) is 0 Å². The second-order valence-electron chi connectivity index (χ2n) is 7.04. The normalized spacial score (nSPS) is 14.1. The van der Waals surface area contributed by atoms with Crippen LogP contribution in [0.5, 0.6) is 0 Å². The molecule has 0 bridgehead atoms. The number of anilines is 1. The van der Waals surface area contributed by atoms with Gasteiger partial charge in [-0.05, 0) is 48.7 Å². The number of carbonyl (C=O) groups excluding carboxylic acids is 1. The van der Waals surface area contributed by atoms with Crippen LogP contribution in [0.25, 0.3) is 11.4 Å². The molecule has 0 saturated carbocycles. The standard InChI is InChI=1S/C21H24N6O.2ClH/c1-14(27-11-10-15-4-2-3-5-17(15)13-27)21(28)23-18-8-6-16(7-9-18)20-24-19(12-22)25-26-20;;/h2-9,14H,10-13,22H2,1H3,(H,23,28)(H,24,25,26);2*1H. The minimum Gasteiger partial charge on any atom is -0.325 e. The number of nitrogens with zero attached hydrogens (tertiary/aromatic N) is 3. The Bertz CT molecular complexity index is 976. The highest BCUT2D eigenvalue weighted by Gasteiger charge is 2.25. The Labute approximate surface area is 188 Å². The fraction of sp³-hybridized carbons (Fsp3) is 0.286. The van der Waals surface area contributed by atoms with E-state index in [0.717, 1.165) is 30.8 Å². The molecule has 1 aromatic heterocycles. The lowest BCUT2D eigenvalue weighted by atomic mass is 9.99. The number of rotatable bonds is 5. The predicted molar refractivity (Wildman–Crippen MR) is 123 cm³/mol. The molecule has 0 radical (unpaired) electrons. The van der Waals surface area contributed by atoms with Crippen LogP contribution < -0.4 is 11.1 Å². The monoisotopic (exact) mass is 448 g/mol. The van der Waals surface area contributed by atoms with Gasteiger partial charge in [-0.15, -0.1) is 24.8 Å². The fourth-order valence-electron chi connectivity index (χ4n) is 3.48. The van der Waals surface area contributed by atoms with Gasteiger partial charge in [-0.2, -0.15) is 5.10 Å². The minimum atomic E-state index is -0.201. The van der Waals surface area contributed by atoms with Crippen LogP contribution in [0.3, 0.4) is 0 Å². The summed E-state index contributed by atoms with van der Waals surface area (Å²) in [5.41, 5.74) is 9.87. The van der Waals surface area contributed by atoms with Gasteiger partial charge in [0.05, 0.1) is 12.6 Å². The zero-order chi connectivity index (χ0) is 19.5. The summed E-state index contributed by atoms with van der Waals surface area (Å²) in [6, 6.07) is 15.7. The molecule has 0 fully saturated rings. The quantitative estimate of drug-likeness (QED) is 0.556. The lowest BCUT2D eigenvalue weighted by Gasteiger charge is -2.32. The molecule has 3 aromatic rings. The number of nitrogens with one attached hydrogen (secondary N) is 2. The number of aromatic amines is 1. The SMILES string of the molecule is CC(C(=O)Nc1ccc(-c2n[nH]c(CN)n2)cc1)N1CCc2ccccc2C1.Cl.Cl. The third-order valence-electron chi connectivity index (χ3n) is 5.22. The molecule has 160 valence electrons. The highest BCUT2D eigenvalue weighted by atomic mass is 35.5. The molecular weight excluding hydrogens is 423 g/mol. The summed E-state index contributed by atoms with van der Waals surface area (Å²) in [5.74, 6) is 1.23. The number of benzene rings is 2. The average molecular weight is 449 g/mol. The predicted octanol–water partition coefficient (Wildman–Crippen LogP) is 3.16. The van der Waals surface area contributed by atoms with Crippen LogP contribution in [0.15, 0.2) is 48.5 Å². The molecule has 0 spiro atoms. The molecular formula is C21H26Cl2N6O. The maximum Gasteiger partial charge on any atom is 0.241 e. The first kappa shape index (κ1) is 23.8. The summed E-state index contributed by atoms with van der Waals surface area (Å²) >= 11 is 0. The van der Waals surface area contributed by atoms with Gasteiger partial charge >= 0.3 is 0 Å². The van der Waals surface area contributed by atoms with Crippen molar-refractivity contribution in [1.29, 1.82) is 0 Å². The van der Waals surface area contributed by atoms with E-state index in [2.05, 4.69) is 49.7 Å². The Morgan fingerprint density at radius 3 is 2.53 bits per heavy atom. The van der Waals surface area contributed by atoms with Crippen molar-refractivity contribution in [3.63, 3.8) is 0 Å². The van der Waals surface area contributed by atoms with Crippen molar-refractivity contribution in [2.24, 2.45) is 5.73 Å². The van der Waals surface area contributed by atoms with Gasteiger partial charge in [-0.1, -0.05) is 24.3 Å². The Morgan fingerprint density at radius 2 is 1.87 bits per heavy atom. The third-order valence-corrected chi connectivity index (χ3v) is 5.22. The average Bonchev–Trinajstić information content (AvgIpc) is 3.22. The number of H-pyrrole nitrogens is 1. The van der Waals surface area contributed by atoms with Gasteiger partial charge in [0.2, 0.25) is 5.91 Å². The zero-order valence-corrected chi connectivity index (χ0v) is 18.3. The Hall–Kier alpha value is -2.45. The van der Waals surface area contributed by atoms with Crippen molar-refractivity contribution < 1.29 is 4.79 Å². The molecule has 2 heterocycles. The van der Waals surface area contributed by atoms with Gasteiger partial charge < -0.3 is 11.1 Å². The second kappa shape index (κ2) is 10.5. The lowest BCUT2D eigenvalue weighted by molar-refractivity contribution is -0.121. The van der Waals surface area contributed by atoms with E-state index < -0.39 is 0 Å². The summed E-state index contributed by atoms with van der Waals surface area (Å²) < 4.78 is 0. The van der Waals surface area contributed by atoms with Crippen LogP contribution in [0, 0.1) is 0 Å². The van der Waals surface area contributed by atoms with Crippen LogP contribution in [-0.2, 0) is 24.3 Å². The number of carbonyl (C=O) groups is 1. The lowest BCUT2D eigenvalue weighted by Crippen LogP contribution is -2.44. The van der Waals surface area contributed by atoms with Crippen molar-refractivity contribution in [2.45, 2.75) is 32.5 Å². The van der Waals surface area contributed by atoms with Crippen molar-refractivity contribution in [3.8, 4) is 11.4 Å². The van der Waals surface area contributed by atoms with Crippen molar-refractivity contribution in [2.75, 3.05) is 11.9 Å². The number of nitrogens with two attached hydrogens (primary N) is 1. The molecule has 1 atom stereocenters. The highest BCUT2D eigenvalue weighted by Crippen LogP contribution is 2.22. The summed E-state index contributed by atoms with van der Waals surface area (Å²) in [7, 11) is 0. The highest BCUT2D eigenvalue weighted by molar-refractivity contribution is 5.94. The molecule has 9 heteroatoms. The summed E-state index contributed by atoms with van der Waals surface area (Å²) in [4.78, 5) is 19.3. The molecule has 1 unspecified atom stereocenters. The maximum atomic E-state index is 12.7. The van der Waals surface area contributed by atoms with Gasteiger partial charge in [-0.25, -0.2) is 4.98 Å². The van der Waals surface area contributed by atoms with E-state index in [9.17, 15) is 4.79 Å². The first-order chi connectivity index (χ1) is 13.6. The first-order valence-corrected chi connectivity index (χ1v) is 9.47. The van der Waals surface area contributed by atoms with E-state index in [-0.39, 0.29) is 36.8 Å². The van der Waals surface area contributed by atoms with E-state index >= 15 is 0 Å². The largest absolute Gasteiger partial charge is 0.325 e. The fourth-order valence-corrected chi connectivity index (χ4v) is 3.48. The van der Waals surface area contributed by atoms with Gasteiger partial charge in [-0.3, -0.25) is 14.8 Å². The van der Waals surface area contributed by atoms with Gasteiger partial charge in [0.15, 0.2) is 5.82 Å². The molecule has 0 saturated heterocycles. The second-order valence-corrected chi connectivity index (χ2v) is 7.04. The summed E-state index contributed by atoms with van der Waals surface area (Å²) in [6.07, 6.45) is 0.976. The van der Waals surface area contributed by atoms with Crippen LogP contribution >= 0.6 is 24.8 Å². The molecule has 1 amide bonds. The van der Waals surface area contributed by atoms with E-state index in [0.29, 0.717) is 18.2 Å². The van der Waals surface area contributed by atoms with E-state index in [1.54, 1.807) is 0 Å². The maximum absolute atomic E-state index is 12.7. The van der Waals surface area contributed by atoms with Crippen molar-refractivity contribution >= 4 is 36.4 Å². The Morgan fingerprint density at radius 1 is 1.17 bits per heavy atom. The smallest absolute Gasteiger partial charge is 0.241 e. The number of aromatic nitrogens is 3. The molecule has 30 heavy (non-hydrogen) atoms. The number of hydrogen-bond donors (Lipinski definition) is 3. The van der Waals surface area contributed by atoms with Crippen LogP contribution in [0.4, 0.5) is 5.69 Å². The molecule has 4 rings (SSSR count). The third kappa shape index (κ3) is 5.17. The molecule has 0 aliphatic carbocycles. The summed E-state index contributed by atoms with van der Waals surface area (Å²) in [5, 5.41) is 9.95. The van der Waals surface area contributed by atoms with E-state index in [4.69, 9.17) is 5.73 Å². The van der Waals surface area contributed by atoms with Crippen molar-refractivity contribution in [1.82, 2.24) is 20.1 Å². The number of halogens is 2. The molecule has 7 nitrogen and oxygen atoms in total.